The Morgan fingerprint density at radius 1 is 0.720 bits per heavy atom. The summed E-state index contributed by atoms with van der Waals surface area (Å²) >= 11 is 0. The molecule has 0 aliphatic rings. The number of nitrogens with zero attached hydrogens (tertiary/aromatic N) is 1. The second kappa shape index (κ2) is 7.51. The molecule has 0 unspecified atom stereocenters. The Morgan fingerprint density at radius 3 is 1.84 bits per heavy atom. The van der Waals surface area contributed by atoms with Crippen molar-refractivity contribution in [3.05, 3.63) is 102 Å². The summed E-state index contributed by atoms with van der Waals surface area (Å²) in [7, 11) is -4.40. The van der Waals surface area contributed by atoms with Crippen LogP contribution in [0.1, 0.15) is 16.7 Å². The molecule has 0 fully saturated rings. The maximum atomic E-state index is 12.0. The molecule has 3 aromatic rings. The first-order valence-electron chi connectivity index (χ1n) is 7.95. The first-order chi connectivity index (χ1) is 12.0. The molecule has 0 aliphatic heterocycles. The van der Waals surface area contributed by atoms with Gasteiger partial charge in [0, 0.05) is 0 Å². The number of hydrogen-bond donors (Lipinski definition) is 1. The molecule has 25 heavy (non-hydrogen) atoms. The fourth-order valence-corrected chi connectivity index (χ4v) is 3.50. The third kappa shape index (κ3) is 4.47. The normalized spacial score (nSPS) is 11.2. The highest BCUT2D eigenvalue weighted by Gasteiger charge is 2.22. The van der Waals surface area contributed by atoms with Crippen LogP contribution in [0.4, 0.5) is 5.69 Å². The van der Waals surface area contributed by atoms with Crippen LogP contribution >= 0.6 is 0 Å². The molecule has 5 heteroatoms. The number of hydrogen-bond acceptors (Lipinski definition) is 2. The van der Waals surface area contributed by atoms with Gasteiger partial charge in [-0.2, -0.15) is 8.42 Å². The topological polar surface area (TPSA) is 57.6 Å². The van der Waals surface area contributed by atoms with Crippen molar-refractivity contribution in [2.24, 2.45) is 0 Å². The summed E-state index contributed by atoms with van der Waals surface area (Å²) in [6.07, 6.45) is 0.581. The van der Waals surface area contributed by atoms with Crippen molar-refractivity contribution in [1.29, 1.82) is 0 Å². The van der Waals surface area contributed by atoms with Crippen LogP contribution in [-0.4, -0.2) is 13.0 Å². The van der Waals surface area contributed by atoms with E-state index in [1.54, 1.807) is 12.1 Å². The van der Waals surface area contributed by atoms with Crippen LogP contribution in [0.15, 0.2) is 84.9 Å². The van der Waals surface area contributed by atoms with Gasteiger partial charge in [-0.15, -0.1) is 0 Å². The van der Waals surface area contributed by atoms with Gasteiger partial charge in [0.05, 0.1) is 12.2 Å². The number of anilines is 1. The second-order valence-electron chi connectivity index (χ2n) is 5.76. The molecule has 128 valence electrons. The van der Waals surface area contributed by atoms with E-state index in [1.807, 2.05) is 72.8 Å². The van der Waals surface area contributed by atoms with Crippen LogP contribution in [-0.2, 0) is 23.3 Å². The average Bonchev–Trinajstić information content (AvgIpc) is 2.61. The molecule has 0 amide bonds. The van der Waals surface area contributed by atoms with E-state index in [0.29, 0.717) is 12.1 Å². The van der Waals surface area contributed by atoms with Gasteiger partial charge < -0.3 is 0 Å². The molecule has 0 atom stereocenters. The Balaban J connectivity index is 1.99. The smallest absolute Gasteiger partial charge is 0.269 e. The summed E-state index contributed by atoms with van der Waals surface area (Å²) in [4.78, 5) is 0. The molecule has 3 rings (SSSR count). The SMILES string of the molecule is O=S(=O)(O)N(Cc1ccccc1)c1ccccc1Cc1ccccc1. The van der Waals surface area contributed by atoms with E-state index >= 15 is 0 Å². The maximum Gasteiger partial charge on any atom is 0.360 e. The number of para-hydroxylation sites is 1. The van der Waals surface area contributed by atoms with Gasteiger partial charge in [-0.25, -0.2) is 4.31 Å². The molecular formula is C20H19NO3S. The second-order valence-corrected chi connectivity index (χ2v) is 7.10. The molecule has 3 aromatic carbocycles. The van der Waals surface area contributed by atoms with Gasteiger partial charge in [0.25, 0.3) is 0 Å². The van der Waals surface area contributed by atoms with E-state index in [9.17, 15) is 13.0 Å². The minimum atomic E-state index is -4.40. The third-order valence-electron chi connectivity index (χ3n) is 3.95. The minimum Gasteiger partial charge on any atom is -0.269 e. The highest BCUT2D eigenvalue weighted by atomic mass is 32.2. The van der Waals surface area contributed by atoms with E-state index in [0.717, 1.165) is 21.0 Å². The number of benzene rings is 3. The fourth-order valence-electron chi connectivity index (χ4n) is 2.76. The van der Waals surface area contributed by atoms with Crippen molar-refractivity contribution in [2.45, 2.75) is 13.0 Å². The van der Waals surface area contributed by atoms with Crippen molar-refractivity contribution in [1.82, 2.24) is 0 Å². The molecule has 0 saturated heterocycles. The van der Waals surface area contributed by atoms with Gasteiger partial charge in [-0.3, -0.25) is 4.55 Å². The van der Waals surface area contributed by atoms with E-state index in [2.05, 4.69) is 0 Å². The molecule has 0 aromatic heterocycles. The molecule has 0 radical (unpaired) electrons. The van der Waals surface area contributed by atoms with Crippen molar-refractivity contribution < 1.29 is 13.0 Å². The monoisotopic (exact) mass is 353 g/mol. The molecule has 4 nitrogen and oxygen atoms in total. The van der Waals surface area contributed by atoms with Gasteiger partial charge in [0.15, 0.2) is 0 Å². The quantitative estimate of drug-likeness (QED) is 0.679. The lowest BCUT2D eigenvalue weighted by Crippen LogP contribution is -2.30. The van der Waals surface area contributed by atoms with Crippen LogP contribution in [0.25, 0.3) is 0 Å². The van der Waals surface area contributed by atoms with E-state index in [1.165, 1.54) is 0 Å². The van der Waals surface area contributed by atoms with E-state index < -0.39 is 10.3 Å². The number of rotatable bonds is 6. The van der Waals surface area contributed by atoms with Crippen molar-refractivity contribution in [3.8, 4) is 0 Å². The summed E-state index contributed by atoms with van der Waals surface area (Å²) in [6.45, 7) is 0.0749. The molecule has 0 spiro atoms. The predicted molar refractivity (Wildman–Crippen MR) is 99.9 cm³/mol. The van der Waals surface area contributed by atoms with Gasteiger partial charge in [0.2, 0.25) is 0 Å². The highest BCUT2D eigenvalue weighted by molar-refractivity contribution is 7.87. The zero-order valence-electron chi connectivity index (χ0n) is 13.6. The Kier molecular flexibility index (Phi) is 5.16. The summed E-state index contributed by atoms with van der Waals surface area (Å²) in [5.41, 5.74) is 3.19. The largest absolute Gasteiger partial charge is 0.360 e. The highest BCUT2D eigenvalue weighted by Crippen LogP contribution is 2.27. The summed E-state index contributed by atoms with van der Waals surface area (Å²) < 4.78 is 34.9. The Labute approximate surface area is 148 Å². The zero-order chi connectivity index (χ0) is 17.7. The standard InChI is InChI=1S/C20H19NO3S/c22-25(23,24)21(16-18-11-5-2-6-12-18)20-14-8-7-13-19(20)15-17-9-3-1-4-10-17/h1-14H,15-16H2,(H,22,23,24). The lowest BCUT2D eigenvalue weighted by molar-refractivity contribution is 0.477. The fraction of sp³-hybridized carbons (Fsp3) is 0.100. The zero-order valence-corrected chi connectivity index (χ0v) is 14.4. The van der Waals surface area contributed by atoms with E-state index in [4.69, 9.17) is 0 Å². The predicted octanol–water partition coefficient (Wildman–Crippen LogP) is 4.09. The molecule has 1 N–H and O–H groups in total. The first-order valence-corrected chi connectivity index (χ1v) is 9.34. The van der Waals surface area contributed by atoms with Gasteiger partial charge >= 0.3 is 10.3 Å². The van der Waals surface area contributed by atoms with Gasteiger partial charge in [0.1, 0.15) is 0 Å². The Hall–Kier alpha value is -2.63. The van der Waals surface area contributed by atoms with Crippen LogP contribution < -0.4 is 4.31 Å². The molecule has 0 saturated carbocycles. The summed E-state index contributed by atoms with van der Waals surface area (Å²) in [5.74, 6) is 0. The maximum absolute atomic E-state index is 12.0. The Bertz CT molecular complexity index is 925. The summed E-state index contributed by atoms with van der Waals surface area (Å²) in [6, 6.07) is 26.3. The average molecular weight is 353 g/mol. The third-order valence-corrected chi connectivity index (χ3v) is 4.83. The van der Waals surface area contributed by atoms with Crippen molar-refractivity contribution in [2.75, 3.05) is 4.31 Å². The molecule has 0 bridgehead atoms. The minimum absolute atomic E-state index is 0.0749. The first kappa shape index (κ1) is 17.2. The van der Waals surface area contributed by atoms with Crippen LogP contribution in [0, 0.1) is 0 Å². The molecule has 0 heterocycles. The lowest BCUT2D eigenvalue weighted by atomic mass is 10.0. The van der Waals surface area contributed by atoms with Crippen LogP contribution in [0.5, 0.6) is 0 Å². The Morgan fingerprint density at radius 2 is 1.24 bits per heavy atom. The van der Waals surface area contributed by atoms with Crippen LogP contribution in [0.2, 0.25) is 0 Å². The van der Waals surface area contributed by atoms with Crippen molar-refractivity contribution >= 4 is 16.0 Å². The molecular weight excluding hydrogens is 334 g/mol. The van der Waals surface area contributed by atoms with E-state index in [-0.39, 0.29) is 6.54 Å². The van der Waals surface area contributed by atoms with Crippen molar-refractivity contribution in [3.63, 3.8) is 0 Å². The molecule has 0 aliphatic carbocycles. The van der Waals surface area contributed by atoms with Crippen LogP contribution in [0.3, 0.4) is 0 Å². The summed E-state index contributed by atoms with van der Waals surface area (Å²) in [5, 5.41) is 0. The lowest BCUT2D eigenvalue weighted by Gasteiger charge is -2.24. The van der Waals surface area contributed by atoms with Gasteiger partial charge in [-0.05, 0) is 29.2 Å². The van der Waals surface area contributed by atoms with Gasteiger partial charge in [-0.1, -0.05) is 78.9 Å².